The van der Waals surface area contributed by atoms with Gasteiger partial charge in [0.05, 0.1) is 10.2 Å². The predicted molar refractivity (Wildman–Crippen MR) is 117 cm³/mol. The van der Waals surface area contributed by atoms with Gasteiger partial charge in [0.25, 0.3) is 5.91 Å². The highest BCUT2D eigenvalue weighted by molar-refractivity contribution is 7.22. The third kappa shape index (κ3) is 3.13. The summed E-state index contributed by atoms with van der Waals surface area (Å²) >= 11 is 3.38. The second-order valence-corrected chi connectivity index (χ2v) is 9.14. The van der Waals surface area contributed by atoms with Crippen molar-refractivity contribution >= 4 is 43.8 Å². The van der Waals surface area contributed by atoms with Gasteiger partial charge < -0.3 is 10.2 Å². The number of anilines is 1. The molecule has 1 N–H and O–H groups in total. The molecular weight excluding hydrogens is 386 g/mol. The lowest BCUT2D eigenvalue weighted by atomic mass is 10.0. The third-order valence-corrected chi connectivity index (χ3v) is 7.20. The number of carbonyl (C=O) groups is 1. The van der Waals surface area contributed by atoms with E-state index < -0.39 is 0 Å². The first-order valence-corrected chi connectivity index (χ1v) is 10.9. The number of nitrogens with one attached hydrogen (secondary N) is 1. The maximum atomic E-state index is 12.8. The molecule has 6 heteroatoms. The van der Waals surface area contributed by atoms with Crippen molar-refractivity contribution in [2.75, 3.05) is 18.9 Å². The van der Waals surface area contributed by atoms with Crippen LogP contribution in [-0.2, 0) is 13.0 Å². The monoisotopic (exact) mass is 405 g/mol. The fraction of sp³-hybridized carbons (Fsp3) is 0.182. The Hall–Kier alpha value is -2.54. The molecular formula is C22H19N3OS2. The van der Waals surface area contributed by atoms with Gasteiger partial charge in [0.1, 0.15) is 10.0 Å². The maximum absolute atomic E-state index is 12.8. The Morgan fingerprint density at radius 2 is 1.86 bits per heavy atom. The number of para-hydroxylation sites is 1. The van der Waals surface area contributed by atoms with Gasteiger partial charge in [0, 0.05) is 29.1 Å². The maximum Gasteiger partial charge on any atom is 0.256 e. The zero-order valence-electron chi connectivity index (χ0n) is 15.4. The Morgan fingerprint density at radius 1 is 1.07 bits per heavy atom. The van der Waals surface area contributed by atoms with Crippen LogP contribution >= 0.6 is 22.7 Å². The summed E-state index contributed by atoms with van der Waals surface area (Å²) in [5, 5.41) is 5.07. The van der Waals surface area contributed by atoms with Crippen LogP contribution in [0.2, 0.25) is 0 Å². The number of thiophene rings is 1. The molecule has 2 aromatic carbocycles. The lowest BCUT2D eigenvalue weighted by molar-refractivity contribution is 0.102. The Labute approximate surface area is 171 Å². The quantitative estimate of drug-likeness (QED) is 0.505. The molecule has 28 heavy (non-hydrogen) atoms. The molecule has 0 spiro atoms. The van der Waals surface area contributed by atoms with Crippen molar-refractivity contribution in [1.29, 1.82) is 0 Å². The highest BCUT2D eigenvalue weighted by atomic mass is 32.1. The Bertz CT molecular complexity index is 1130. The number of carbonyl (C=O) groups excluding carboxylic acids is 1. The van der Waals surface area contributed by atoms with Crippen LogP contribution in [0.3, 0.4) is 0 Å². The highest BCUT2D eigenvalue weighted by Crippen LogP contribution is 2.45. The van der Waals surface area contributed by atoms with E-state index in [1.165, 1.54) is 15.1 Å². The van der Waals surface area contributed by atoms with E-state index in [0.29, 0.717) is 5.56 Å². The second-order valence-electron chi connectivity index (χ2n) is 7.00. The molecule has 140 valence electrons. The van der Waals surface area contributed by atoms with E-state index in [2.05, 4.69) is 23.3 Å². The van der Waals surface area contributed by atoms with E-state index in [9.17, 15) is 4.79 Å². The summed E-state index contributed by atoms with van der Waals surface area (Å²) in [4.78, 5) is 21.3. The number of hydrogen-bond acceptors (Lipinski definition) is 5. The van der Waals surface area contributed by atoms with Gasteiger partial charge in [0.2, 0.25) is 0 Å². The second kappa shape index (κ2) is 7.13. The number of hydrogen-bond donors (Lipinski definition) is 1. The van der Waals surface area contributed by atoms with Crippen LogP contribution in [0.25, 0.3) is 20.8 Å². The lowest BCUT2D eigenvalue weighted by Gasteiger charge is -2.22. The van der Waals surface area contributed by atoms with Crippen molar-refractivity contribution in [3.8, 4) is 10.6 Å². The molecule has 0 atom stereocenters. The summed E-state index contributed by atoms with van der Waals surface area (Å²) < 4.78 is 1.17. The Kier molecular flexibility index (Phi) is 4.47. The van der Waals surface area contributed by atoms with Crippen LogP contribution in [0, 0.1) is 0 Å². The van der Waals surface area contributed by atoms with Gasteiger partial charge in [-0.2, -0.15) is 0 Å². The number of rotatable bonds is 3. The van der Waals surface area contributed by atoms with Gasteiger partial charge in [-0.25, -0.2) is 4.98 Å². The van der Waals surface area contributed by atoms with Crippen LogP contribution < -0.4 is 5.32 Å². The minimum Gasteiger partial charge on any atom is -0.313 e. The van der Waals surface area contributed by atoms with E-state index in [4.69, 9.17) is 4.98 Å². The topological polar surface area (TPSA) is 45.2 Å². The molecule has 0 bridgehead atoms. The minimum atomic E-state index is -0.0742. The summed E-state index contributed by atoms with van der Waals surface area (Å²) in [6, 6.07) is 17.6. The molecule has 1 aliphatic heterocycles. The van der Waals surface area contributed by atoms with Gasteiger partial charge in [-0.1, -0.05) is 30.3 Å². The highest BCUT2D eigenvalue weighted by Gasteiger charge is 2.26. The summed E-state index contributed by atoms with van der Waals surface area (Å²) in [6.07, 6.45) is 0.981. The van der Waals surface area contributed by atoms with E-state index in [1.807, 2.05) is 48.5 Å². The van der Waals surface area contributed by atoms with Crippen LogP contribution in [0.5, 0.6) is 0 Å². The summed E-state index contributed by atoms with van der Waals surface area (Å²) in [6.45, 7) is 1.94. The Morgan fingerprint density at radius 3 is 2.68 bits per heavy atom. The molecule has 4 aromatic rings. The number of benzene rings is 2. The molecule has 0 aliphatic carbocycles. The number of amides is 1. The molecule has 0 radical (unpaired) electrons. The van der Waals surface area contributed by atoms with Crippen molar-refractivity contribution in [2.24, 2.45) is 0 Å². The molecule has 3 heterocycles. The zero-order valence-corrected chi connectivity index (χ0v) is 17.1. The minimum absolute atomic E-state index is 0.0742. The Balaban J connectivity index is 1.61. The number of aromatic nitrogens is 1. The lowest BCUT2D eigenvalue weighted by Crippen LogP contribution is -2.25. The fourth-order valence-corrected chi connectivity index (χ4v) is 6.02. The molecule has 0 fully saturated rings. The van der Waals surface area contributed by atoms with Crippen molar-refractivity contribution in [1.82, 2.24) is 9.88 Å². The first kappa shape index (κ1) is 17.6. The van der Waals surface area contributed by atoms with E-state index >= 15 is 0 Å². The van der Waals surface area contributed by atoms with Crippen molar-refractivity contribution < 1.29 is 4.79 Å². The molecule has 2 aromatic heterocycles. The van der Waals surface area contributed by atoms with Crippen molar-refractivity contribution in [3.63, 3.8) is 0 Å². The van der Waals surface area contributed by atoms with Crippen LogP contribution in [-0.4, -0.2) is 29.4 Å². The standard InChI is InChI=1S/C22H19N3OS2/c1-25-12-11-15-18(13-25)28-22(24-20(26)14-7-3-2-4-8-14)19(15)21-23-16-9-5-6-10-17(16)27-21/h2-10H,11-13H2,1H3,(H,24,26). The molecule has 5 rings (SSSR count). The number of fused-ring (bicyclic) bond motifs is 2. The average molecular weight is 406 g/mol. The summed E-state index contributed by atoms with van der Waals surface area (Å²) in [5.41, 5.74) is 4.13. The van der Waals surface area contributed by atoms with Crippen LogP contribution in [0.1, 0.15) is 20.8 Å². The van der Waals surface area contributed by atoms with Crippen LogP contribution in [0.15, 0.2) is 54.6 Å². The van der Waals surface area contributed by atoms with Crippen LogP contribution in [0.4, 0.5) is 5.00 Å². The largest absolute Gasteiger partial charge is 0.313 e. The molecule has 0 saturated heterocycles. The van der Waals surface area contributed by atoms with Gasteiger partial charge in [-0.15, -0.1) is 22.7 Å². The molecule has 4 nitrogen and oxygen atoms in total. The summed E-state index contributed by atoms with van der Waals surface area (Å²) in [5.74, 6) is -0.0742. The van der Waals surface area contributed by atoms with Gasteiger partial charge in [-0.3, -0.25) is 4.79 Å². The molecule has 1 amide bonds. The number of nitrogens with zero attached hydrogens (tertiary/aromatic N) is 2. The van der Waals surface area contributed by atoms with Crippen molar-refractivity contribution in [2.45, 2.75) is 13.0 Å². The van der Waals surface area contributed by atoms with E-state index in [-0.39, 0.29) is 5.91 Å². The zero-order chi connectivity index (χ0) is 19.1. The average Bonchev–Trinajstić information content (AvgIpc) is 3.28. The van der Waals surface area contributed by atoms with E-state index in [1.54, 1.807) is 22.7 Å². The molecule has 1 aliphatic rings. The normalized spacial score (nSPS) is 14.2. The number of likely N-dealkylation sites (N-methyl/N-ethyl adjacent to an activating group) is 1. The predicted octanol–water partition coefficient (Wildman–Crippen LogP) is 5.27. The fourth-order valence-electron chi connectivity index (χ4n) is 3.59. The first-order chi connectivity index (χ1) is 13.7. The van der Waals surface area contributed by atoms with Gasteiger partial charge in [0.15, 0.2) is 0 Å². The van der Waals surface area contributed by atoms with E-state index in [0.717, 1.165) is 40.6 Å². The molecule has 0 saturated carbocycles. The van der Waals surface area contributed by atoms with Gasteiger partial charge in [-0.05, 0) is 43.3 Å². The van der Waals surface area contributed by atoms with Crippen molar-refractivity contribution in [3.05, 3.63) is 70.6 Å². The SMILES string of the molecule is CN1CCc2c(sc(NC(=O)c3ccccc3)c2-c2nc3ccccc3s2)C1. The third-order valence-electron chi connectivity index (χ3n) is 5.02. The first-order valence-electron chi connectivity index (χ1n) is 9.24. The number of thiazole rings is 1. The van der Waals surface area contributed by atoms with Gasteiger partial charge >= 0.3 is 0 Å². The smallest absolute Gasteiger partial charge is 0.256 e. The summed E-state index contributed by atoms with van der Waals surface area (Å²) in [7, 11) is 2.14. The molecule has 0 unspecified atom stereocenters.